The Bertz CT molecular complexity index is 377. The summed E-state index contributed by atoms with van der Waals surface area (Å²) in [5.74, 6) is 0.118. The van der Waals surface area contributed by atoms with E-state index in [1.807, 2.05) is 42.2 Å². The number of hydrogen-bond acceptors (Lipinski definition) is 2. The second-order valence-electron chi connectivity index (χ2n) is 4.53. The fraction of sp³-hybridized carbons (Fsp3) is 0.500. The molecule has 0 radical (unpaired) electrons. The van der Waals surface area contributed by atoms with E-state index in [2.05, 4.69) is 6.92 Å². The molecule has 0 bridgehead atoms. The second-order valence-corrected chi connectivity index (χ2v) is 4.53. The van der Waals surface area contributed by atoms with Crippen LogP contribution in [0.2, 0.25) is 0 Å². The molecule has 3 heteroatoms. The van der Waals surface area contributed by atoms with Gasteiger partial charge in [0.15, 0.2) is 0 Å². The summed E-state index contributed by atoms with van der Waals surface area (Å²) >= 11 is 0. The molecule has 1 heterocycles. The Morgan fingerprint density at radius 1 is 1.41 bits per heavy atom. The molecule has 1 aromatic rings. The zero-order valence-electron chi connectivity index (χ0n) is 10.4. The number of amides is 1. The van der Waals surface area contributed by atoms with Crippen molar-refractivity contribution >= 4 is 5.91 Å². The first kappa shape index (κ1) is 12.1. The van der Waals surface area contributed by atoms with E-state index >= 15 is 0 Å². The highest BCUT2D eigenvalue weighted by molar-refractivity contribution is 5.94. The second kappa shape index (κ2) is 5.32. The van der Waals surface area contributed by atoms with Gasteiger partial charge in [0.25, 0.3) is 5.91 Å². The third kappa shape index (κ3) is 2.67. The molecule has 2 rings (SSSR count). The number of carbonyl (C=O) groups excluding carboxylic acids is 1. The quantitative estimate of drug-likeness (QED) is 0.784. The first-order chi connectivity index (χ1) is 8.22. The van der Waals surface area contributed by atoms with Crippen molar-refractivity contribution in [2.24, 2.45) is 0 Å². The maximum absolute atomic E-state index is 12.4. The van der Waals surface area contributed by atoms with E-state index in [9.17, 15) is 4.79 Å². The number of rotatable bonds is 2. The minimum atomic E-state index is 0.118. The molecule has 1 fully saturated rings. The molecule has 1 aliphatic heterocycles. The molecule has 1 aromatic carbocycles. The van der Waals surface area contributed by atoms with Crippen molar-refractivity contribution < 1.29 is 9.53 Å². The Morgan fingerprint density at radius 3 is 2.76 bits per heavy atom. The monoisotopic (exact) mass is 233 g/mol. The number of ether oxygens (including phenoxy) is 1. The summed E-state index contributed by atoms with van der Waals surface area (Å²) in [5, 5.41) is 0. The highest BCUT2D eigenvalue weighted by Gasteiger charge is 2.29. The van der Waals surface area contributed by atoms with Gasteiger partial charge in [-0.1, -0.05) is 25.1 Å². The summed E-state index contributed by atoms with van der Waals surface area (Å²) in [7, 11) is 0. The zero-order chi connectivity index (χ0) is 12.3. The van der Waals surface area contributed by atoms with Crippen molar-refractivity contribution in [3.63, 3.8) is 0 Å². The maximum atomic E-state index is 12.4. The van der Waals surface area contributed by atoms with Crippen LogP contribution in [-0.2, 0) is 4.74 Å². The van der Waals surface area contributed by atoms with Crippen LogP contribution in [0, 0.1) is 0 Å². The van der Waals surface area contributed by atoms with Crippen LogP contribution < -0.4 is 0 Å². The van der Waals surface area contributed by atoms with Crippen LogP contribution in [0.15, 0.2) is 30.3 Å². The molecule has 0 aliphatic carbocycles. The van der Waals surface area contributed by atoms with Crippen LogP contribution in [-0.4, -0.2) is 36.1 Å². The van der Waals surface area contributed by atoms with Gasteiger partial charge in [0.1, 0.15) is 0 Å². The summed E-state index contributed by atoms with van der Waals surface area (Å²) in [6.45, 7) is 5.44. The van der Waals surface area contributed by atoms with Crippen molar-refractivity contribution in [2.45, 2.75) is 32.4 Å². The standard InChI is InChI=1S/C14H19NO2/c1-3-13-10-17-11(2)9-15(13)14(16)12-7-5-4-6-8-12/h4-8,11,13H,3,9-10H2,1-2H3/t11-,13-/m1/s1. The lowest BCUT2D eigenvalue weighted by atomic mass is 10.1. The fourth-order valence-electron chi connectivity index (χ4n) is 2.18. The summed E-state index contributed by atoms with van der Waals surface area (Å²) in [6, 6.07) is 9.68. The van der Waals surface area contributed by atoms with E-state index < -0.39 is 0 Å². The van der Waals surface area contributed by atoms with E-state index in [-0.39, 0.29) is 18.1 Å². The molecule has 0 N–H and O–H groups in total. The molecular weight excluding hydrogens is 214 g/mol. The van der Waals surface area contributed by atoms with Gasteiger partial charge in [-0.05, 0) is 25.5 Å². The Balaban J connectivity index is 2.16. The highest BCUT2D eigenvalue weighted by Crippen LogP contribution is 2.17. The van der Waals surface area contributed by atoms with Crippen molar-refractivity contribution in [3.8, 4) is 0 Å². The zero-order valence-corrected chi connectivity index (χ0v) is 10.4. The van der Waals surface area contributed by atoms with Crippen molar-refractivity contribution in [2.75, 3.05) is 13.2 Å². The van der Waals surface area contributed by atoms with Crippen LogP contribution in [0.5, 0.6) is 0 Å². The Labute approximate surface area is 102 Å². The van der Waals surface area contributed by atoms with Gasteiger partial charge < -0.3 is 9.64 Å². The lowest BCUT2D eigenvalue weighted by Crippen LogP contribution is -2.51. The van der Waals surface area contributed by atoms with E-state index in [0.717, 1.165) is 12.0 Å². The molecule has 0 saturated carbocycles. The van der Waals surface area contributed by atoms with Gasteiger partial charge in [-0.25, -0.2) is 0 Å². The minimum absolute atomic E-state index is 0.118. The van der Waals surface area contributed by atoms with Gasteiger partial charge in [0.05, 0.1) is 18.8 Å². The van der Waals surface area contributed by atoms with Gasteiger partial charge in [0.2, 0.25) is 0 Å². The van der Waals surface area contributed by atoms with Gasteiger partial charge in [-0.2, -0.15) is 0 Å². The fourth-order valence-corrected chi connectivity index (χ4v) is 2.18. The van der Waals surface area contributed by atoms with Crippen LogP contribution in [0.3, 0.4) is 0 Å². The Hall–Kier alpha value is -1.35. The molecule has 0 spiro atoms. The molecular formula is C14H19NO2. The summed E-state index contributed by atoms with van der Waals surface area (Å²) in [4.78, 5) is 14.3. The Morgan fingerprint density at radius 2 is 2.12 bits per heavy atom. The van der Waals surface area contributed by atoms with Gasteiger partial charge in [-0.15, -0.1) is 0 Å². The number of carbonyl (C=O) groups is 1. The molecule has 1 amide bonds. The highest BCUT2D eigenvalue weighted by atomic mass is 16.5. The Kier molecular flexibility index (Phi) is 3.79. The number of benzene rings is 1. The van der Waals surface area contributed by atoms with Crippen LogP contribution >= 0.6 is 0 Å². The first-order valence-corrected chi connectivity index (χ1v) is 6.20. The summed E-state index contributed by atoms with van der Waals surface area (Å²) in [5.41, 5.74) is 0.764. The molecule has 0 aromatic heterocycles. The predicted molar refractivity (Wildman–Crippen MR) is 67.0 cm³/mol. The third-order valence-electron chi connectivity index (χ3n) is 3.22. The number of nitrogens with zero attached hydrogens (tertiary/aromatic N) is 1. The number of hydrogen-bond donors (Lipinski definition) is 0. The van der Waals surface area contributed by atoms with Crippen LogP contribution in [0.25, 0.3) is 0 Å². The van der Waals surface area contributed by atoms with Crippen LogP contribution in [0.4, 0.5) is 0 Å². The molecule has 3 nitrogen and oxygen atoms in total. The van der Waals surface area contributed by atoms with Crippen molar-refractivity contribution in [1.29, 1.82) is 0 Å². The number of morpholine rings is 1. The third-order valence-corrected chi connectivity index (χ3v) is 3.22. The van der Waals surface area contributed by atoms with E-state index in [1.54, 1.807) is 0 Å². The van der Waals surface area contributed by atoms with Gasteiger partial charge in [-0.3, -0.25) is 4.79 Å². The maximum Gasteiger partial charge on any atom is 0.254 e. The SMILES string of the molecule is CC[C@@H]1CO[C@H](C)CN1C(=O)c1ccccc1. The van der Waals surface area contributed by atoms with Crippen LogP contribution in [0.1, 0.15) is 30.6 Å². The summed E-state index contributed by atoms with van der Waals surface area (Å²) in [6.07, 6.45) is 1.07. The van der Waals surface area contributed by atoms with E-state index in [4.69, 9.17) is 4.74 Å². The van der Waals surface area contributed by atoms with Gasteiger partial charge in [0, 0.05) is 12.1 Å². The topological polar surface area (TPSA) is 29.5 Å². The molecule has 17 heavy (non-hydrogen) atoms. The molecule has 0 unspecified atom stereocenters. The minimum Gasteiger partial charge on any atom is -0.375 e. The molecule has 1 aliphatic rings. The average molecular weight is 233 g/mol. The smallest absolute Gasteiger partial charge is 0.254 e. The van der Waals surface area contributed by atoms with Gasteiger partial charge >= 0.3 is 0 Å². The normalized spacial score (nSPS) is 24.7. The average Bonchev–Trinajstić information content (AvgIpc) is 2.39. The van der Waals surface area contributed by atoms with E-state index in [0.29, 0.717) is 13.2 Å². The predicted octanol–water partition coefficient (Wildman–Crippen LogP) is 2.33. The summed E-state index contributed by atoms with van der Waals surface area (Å²) < 4.78 is 5.60. The van der Waals surface area contributed by atoms with Crippen molar-refractivity contribution in [3.05, 3.63) is 35.9 Å². The van der Waals surface area contributed by atoms with E-state index in [1.165, 1.54) is 0 Å². The first-order valence-electron chi connectivity index (χ1n) is 6.20. The van der Waals surface area contributed by atoms with Crippen molar-refractivity contribution in [1.82, 2.24) is 4.90 Å². The molecule has 92 valence electrons. The lowest BCUT2D eigenvalue weighted by molar-refractivity contribution is -0.0444. The molecule has 2 atom stereocenters. The largest absolute Gasteiger partial charge is 0.375 e. The lowest BCUT2D eigenvalue weighted by Gasteiger charge is -2.38. The molecule has 1 saturated heterocycles.